The van der Waals surface area contributed by atoms with E-state index >= 15 is 0 Å². The van der Waals surface area contributed by atoms with E-state index in [-0.39, 0.29) is 27.1 Å². The summed E-state index contributed by atoms with van der Waals surface area (Å²) in [5.74, 6) is 3.76. The average Bonchev–Trinajstić information content (AvgIpc) is 4.03. The van der Waals surface area contributed by atoms with Crippen molar-refractivity contribution >= 4 is 44.0 Å². The molecule has 0 N–H and O–H groups in total. The maximum absolute atomic E-state index is 5.90. The second kappa shape index (κ2) is 19.7. The molecule has 0 amide bonds. The van der Waals surface area contributed by atoms with E-state index in [1.807, 2.05) is 26.0 Å². The van der Waals surface area contributed by atoms with Gasteiger partial charge in [-0.15, -0.1) is 57.9 Å². The predicted molar refractivity (Wildman–Crippen MR) is 288 cm³/mol. The van der Waals surface area contributed by atoms with E-state index in [1.165, 1.54) is 77.2 Å². The van der Waals surface area contributed by atoms with Gasteiger partial charge in [0.1, 0.15) is 0 Å². The Kier molecular flexibility index (Phi) is 15.5. The third-order valence-corrected chi connectivity index (χ3v) is 32.3. The normalized spacial score (nSPS) is 12.2. The fourth-order valence-electron chi connectivity index (χ4n) is 8.29. The van der Waals surface area contributed by atoms with Crippen LogP contribution in [0.25, 0.3) is 66.4 Å². The molecule has 0 atom stereocenters. The monoisotopic (exact) mass is 1010 g/mol. The second-order valence-electron chi connectivity index (χ2n) is 22.7. The molecule has 0 spiro atoms. The minimum absolute atomic E-state index is 0.0979. The second-order valence-corrected chi connectivity index (χ2v) is 45.7. The van der Waals surface area contributed by atoms with Crippen molar-refractivity contribution in [3.05, 3.63) is 154 Å². The van der Waals surface area contributed by atoms with E-state index in [4.69, 9.17) is 25.9 Å². The standard InChI is InChI=1S/2C29H33O.C2H6Si.2ClH.Zr/c2*1-18-9-11-20-13-21(26-12-10-19(2)30-26)16-25(20)27(18)22-14-23(28(3,4)5)17-24(15-22)29(6,7)8;1-3-2;;;/h2*9-17H,1-8H3;1-2H3;2*1H;/q2*-1;;;;+2/p-2. The summed E-state index contributed by atoms with van der Waals surface area (Å²) in [5.41, 5.74) is 15.9. The van der Waals surface area contributed by atoms with Gasteiger partial charge in [0.25, 0.3) is 0 Å². The number of fused-ring (bicyclic) bond motifs is 2. The number of hydrogen-bond acceptors (Lipinski definition) is 2. The van der Waals surface area contributed by atoms with Gasteiger partial charge in [-0.2, -0.15) is 0 Å². The van der Waals surface area contributed by atoms with E-state index in [0.717, 1.165) is 34.2 Å². The van der Waals surface area contributed by atoms with Crippen LogP contribution in [-0.2, 0) is 39.6 Å². The zero-order chi connectivity index (χ0) is 48.8. The Morgan fingerprint density at radius 1 is 0.439 bits per heavy atom. The third-order valence-electron chi connectivity index (χ3n) is 12.5. The Labute approximate surface area is 412 Å². The minimum Gasteiger partial charge on any atom is -0.496 e. The van der Waals surface area contributed by atoms with Crippen LogP contribution in [0.4, 0.5) is 0 Å². The van der Waals surface area contributed by atoms with Crippen molar-refractivity contribution in [3.8, 4) is 44.9 Å². The van der Waals surface area contributed by atoms with Gasteiger partial charge in [0.05, 0.1) is 23.0 Å². The molecule has 348 valence electrons. The van der Waals surface area contributed by atoms with Gasteiger partial charge in [-0.05, 0) is 118 Å². The smallest absolute Gasteiger partial charge is 0.0896 e. The zero-order valence-corrected chi connectivity index (χ0v) is 47.9. The summed E-state index contributed by atoms with van der Waals surface area (Å²) < 4.78 is 11.8. The first-order valence-corrected chi connectivity index (χ1v) is 35.9. The molecule has 0 aliphatic heterocycles. The summed E-state index contributed by atoms with van der Waals surface area (Å²) >= 11 is -1.65. The molecule has 0 fully saturated rings. The van der Waals surface area contributed by atoms with E-state index in [9.17, 15) is 0 Å². The number of benzene rings is 4. The van der Waals surface area contributed by atoms with Crippen LogP contribution in [0, 0.1) is 27.7 Å². The number of aryl methyl sites for hydroxylation is 4. The van der Waals surface area contributed by atoms with Crippen molar-refractivity contribution < 1.29 is 26.8 Å². The molecular weight excluding hydrogens is 943 g/mol. The molecule has 6 aromatic carbocycles. The van der Waals surface area contributed by atoms with Crippen LogP contribution in [0.15, 0.2) is 118 Å². The summed E-state index contributed by atoms with van der Waals surface area (Å²) in [4.78, 5) is 0. The number of furan rings is 2. The van der Waals surface area contributed by atoms with Crippen LogP contribution in [-0.4, -0.2) is 5.43 Å². The number of halogens is 2. The molecule has 0 unspecified atom stereocenters. The Bertz CT molecular complexity index is 2760. The maximum Gasteiger partial charge on any atom is 0.0896 e. The van der Waals surface area contributed by atoms with Crippen LogP contribution >= 0.6 is 17.0 Å². The summed E-state index contributed by atoms with van der Waals surface area (Å²) in [6, 6.07) is 40.5. The van der Waals surface area contributed by atoms with Crippen LogP contribution in [0.1, 0.15) is 128 Å². The molecule has 66 heavy (non-hydrogen) atoms. The molecule has 8 rings (SSSR count). The van der Waals surface area contributed by atoms with Gasteiger partial charge in [-0.3, -0.25) is 0 Å². The van der Waals surface area contributed by atoms with Crippen molar-refractivity contribution in [3.63, 3.8) is 0 Å². The van der Waals surface area contributed by atoms with Gasteiger partial charge < -0.3 is 8.83 Å². The van der Waals surface area contributed by atoms with Crippen molar-refractivity contribution in [1.82, 2.24) is 0 Å². The van der Waals surface area contributed by atoms with Gasteiger partial charge >= 0.3 is 53.5 Å². The Hall–Kier alpha value is -3.66. The van der Waals surface area contributed by atoms with E-state index in [0.29, 0.717) is 0 Å². The molecule has 2 aromatic heterocycles. The van der Waals surface area contributed by atoms with Crippen molar-refractivity contribution in [1.29, 1.82) is 0 Å². The summed E-state index contributed by atoms with van der Waals surface area (Å²) in [5, 5.41) is 5.12. The number of hydrogen-bond donors (Lipinski definition) is 0. The van der Waals surface area contributed by atoms with E-state index < -0.39 is 18.0 Å². The molecule has 0 aliphatic carbocycles. The molecule has 2 heterocycles. The SMILES string of the molecule is C[Si](C)=[Zr]([Cl])[Cl].Cc1ccc(-c2cc3c(-c4cc(C(C)(C)C)cc(C(C)(C)C)c4)c(C)ccc3[cH-]2)o1.Cc1ccc(-c2cc3c(-c4cc(C(C)(C)C)cc(C(C)(C)C)c4)c(C)ccc3[cH-]2)o1. The maximum atomic E-state index is 5.90. The molecule has 0 bridgehead atoms. The molecular formula is C60H72Cl2O2SiZr-2. The molecule has 0 radical (unpaired) electrons. The molecule has 0 aliphatic rings. The van der Waals surface area contributed by atoms with Crippen LogP contribution in [0.3, 0.4) is 0 Å². The van der Waals surface area contributed by atoms with Crippen molar-refractivity contribution in [2.24, 2.45) is 0 Å². The third kappa shape index (κ3) is 12.1. The van der Waals surface area contributed by atoms with Crippen LogP contribution in [0.5, 0.6) is 0 Å². The number of rotatable bonds is 4. The van der Waals surface area contributed by atoms with Crippen molar-refractivity contribution in [2.75, 3.05) is 0 Å². The Morgan fingerprint density at radius 2 is 0.742 bits per heavy atom. The molecule has 0 saturated heterocycles. The molecule has 8 aromatic rings. The molecule has 2 nitrogen and oxygen atoms in total. The average molecular weight is 1020 g/mol. The van der Waals surface area contributed by atoms with Crippen LogP contribution in [0.2, 0.25) is 13.1 Å². The van der Waals surface area contributed by atoms with E-state index in [2.05, 4.69) is 207 Å². The van der Waals surface area contributed by atoms with Gasteiger partial charge in [0.15, 0.2) is 0 Å². The summed E-state index contributed by atoms with van der Waals surface area (Å²) in [6.07, 6.45) is 0. The van der Waals surface area contributed by atoms with Gasteiger partial charge in [-0.25, -0.2) is 0 Å². The summed E-state index contributed by atoms with van der Waals surface area (Å²) in [7, 11) is 11.2. The first-order chi connectivity index (χ1) is 30.5. The first-order valence-electron chi connectivity index (χ1n) is 23.4. The zero-order valence-electron chi connectivity index (χ0n) is 43.0. The van der Waals surface area contributed by atoms with Gasteiger partial charge in [0.2, 0.25) is 0 Å². The molecule has 0 saturated carbocycles. The fourth-order valence-corrected chi connectivity index (χ4v) is 8.29. The topological polar surface area (TPSA) is 26.3 Å². The minimum atomic E-state index is -1.65. The fraction of sp³-hybridized carbons (Fsp3) is 0.367. The summed E-state index contributed by atoms with van der Waals surface area (Å²) in [6.45, 7) is 40.3. The quantitative estimate of drug-likeness (QED) is 0.130. The predicted octanol–water partition coefficient (Wildman–Crippen LogP) is 19.6. The first kappa shape index (κ1) is 51.7. The largest absolute Gasteiger partial charge is 0.496 e. The van der Waals surface area contributed by atoms with Gasteiger partial charge in [0, 0.05) is 0 Å². The Balaban J connectivity index is 0.000000194. The van der Waals surface area contributed by atoms with E-state index in [1.54, 1.807) is 0 Å². The molecule has 6 heteroatoms. The van der Waals surface area contributed by atoms with Crippen LogP contribution < -0.4 is 0 Å². The van der Waals surface area contributed by atoms with Crippen molar-refractivity contribution in [2.45, 2.75) is 146 Å². The van der Waals surface area contributed by atoms with Gasteiger partial charge in [-0.1, -0.05) is 154 Å². The Morgan fingerprint density at radius 3 is 0.985 bits per heavy atom.